The van der Waals surface area contributed by atoms with Crippen molar-refractivity contribution >= 4 is 5.96 Å². The third-order valence-corrected chi connectivity index (χ3v) is 4.94. The Bertz CT molecular complexity index is 381. The molecule has 2 saturated heterocycles. The minimum absolute atomic E-state index is 0.0904. The van der Waals surface area contributed by atoms with Gasteiger partial charge in [0.15, 0.2) is 5.96 Å². The number of aliphatic imine (C=N–C) groups is 1. The molecule has 0 amide bonds. The van der Waals surface area contributed by atoms with Gasteiger partial charge in [-0.25, -0.2) is 0 Å². The Morgan fingerprint density at radius 1 is 1.23 bits per heavy atom. The lowest BCUT2D eigenvalue weighted by Gasteiger charge is -2.29. The van der Waals surface area contributed by atoms with Crippen molar-refractivity contribution in [3.8, 4) is 0 Å². The van der Waals surface area contributed by atoms with Crippen LogP contribution < -0.4 is 10.6 Å². The summed E-state index contributed by atoms with van der Waals surface area (Å²) >= 11 is 0. The lowest BCUT2D eigenvalue weighted by Crippen LogP contribution is -2.40. The maximum absolute atomic E-state index is 9.54. The first-order chi connectivity index (χ1) is 12.8. The van der Waals surface area contributed by atoms with E-state index < -0.39 is 0 Å². The van der Waals surface area contributed by atoms with Crippen LogP contribution in [0, 0.1) is 5.92 Å². The average molecular weight is 371 g/mol. The van der Waals surface area contributed by atoms with E-state index in [1.54, 1.807) is 0 Å². The molecule has 2 rings (SSSR count). The third-order valence-electron chi connectivity index (χ3n) is 4.94. The van der Waals surface area contributed by atoms with Crippen LogP contribution in [0.15, 0.2) is 4.99 Å². The molecule has 3 N–H and O–H groups in total. The molecule has 1 atom stereocenters. The first kappa shape index (κ1) is 21.4. The summed E-state index contributed by atoms with van der Waals surface area (Å²) in [5.41, 5.74) is 0. The molecule has 7 nitrogen and oxygen atoms in total. The van der Waals surface area contributed by atoms with E-state index in [-0.39, 0.29) is 6.10 Å². The molecule has 26 heavy (non-hydrogen) atoms. The summed E-state index contributed by atoms with van der Waals surface area (Å²) in [7, 11) is 0. The van der Waals surface area contributed by atoms with Gasteiger partial charge in [0.2, 0.25) is 0 Å². The fourth-order valence-electron chi connectivity index (χ4n) is 3.32. The number of aliphatic hydroxyl groups excluding tert-OH is 1. The molecular formula is C19H38N4O3. The van der Waals surface area contributed by atoms with Crippen molar-refractivity contribution in [1.29, 1.82) is 0 Å². The molecular weight excluding hydrogens is 332 g/mol. The molecule has 0 spiro atoms. The van der Waals surface area contributed by atoms with Gasteiger partial charge >= 0.3 is 0 Å². The van der Waals surface area contributed by atoms with Gasteiger partial charge < -0.3 is 30.1 Å². The topological polar surface area (TPSA) is 78.4 Å². The van der Waals surface area contributed by atoms with Crippen molar-refractivity contribution in [1.82, 2.24) is 15.5 Å². The molecule has 0 radical (unpaired) electrons. The van der Waals surface area contributed by atoms with E-state index in [2.05, 4.69) is 27.4 Å². The van der Waals surface area contributed by atoms with Crippen molar-refractivity contribution < 1.29 is 14.6 Å². The summed E-state index contributed by atoms with van der Waals surface area (Å²) in [6, 6.07) is 0. The summed E-state index contributed by atoms with van der Waals surface area (Å²) in [5.74, 6) is 1.48. The number of ether oxygens (including phenoxy) is 2. The van der Waals surface area contributed by atoms with Gasteiger partial charge in [-0.1, -0.05) is 0 Å². The van der Waals surface area contributed by atoms with Crippen LogP contribution in [0.1, 0.15) is 39.0 Å². The lowest BCUT2D eigenvalue weighted by atomic mass is 10.1. The molecule has 0 bridgehead atoms. The average Bonchev–Trinajstić information content (AvgIpc) is 3.16. The standard InChI is InChI=1S/C19H38N4O3/c1-2-20-19(21-8-3-10-23-11-5-18(24)6-12-23)22-9-4-13-25-15-17-7-14-26-16-17/h17-18,24H,2-16H2,1H3,(H2,20,21,22). The number of guanidine groups is 1. The van der Waals surface area contributed by atoms with E-state index in [4.69, 9.17) is 9.47 Å². The number of nitrogens with one attached hydrogen (secondary N) is 2. The number of hydrogen-bond donors (Lipinski definition) is 3. The number of rotatable bonds is 11. The number of likely N-dealkylation sites (tertiary alicyclic amines) is 1. The maximum atomic E-state index is 9.54. The summed E-state index contributed by atoms with van der Waals surface area (Å²) in [5, 5.41) is 16.3. The van der Waals surface area contributed by atoms with Crippen molar-refractivity contribution in [2.75, 3.05) is 65.7 Å². The van der Waals surface area contributed by atoms with E-state index in [1.807, 2.05) is 0 Å². The van der Waals surface area contributed by atoms with Gasteiger partial charge in [-0.2, -0.15) is 0 Å². The molecule has 0 aromatic rings. The zero-order valence-electron chi connectivity index (χ0n) is 16.4. The second-order valence-electron chi connectivity index (χ2n) is 7.27. The van der Waals surface area contributed by atoms with Gasteiger partial charge in [0.1, 0.15) is 0 Å². The van der Waals surface area contributed by atoms with E-state index in [0.29, 0.717) is 5.92 Å². The van der Waals surface area contributed by atoms with Crippen LogP contribution in [0.25, 0.3) is 0 Å². The molecule has 1 unspecified atom stereocenters. The Balaban J connectivity index is 1.49. The van der Waals surface area contributed by atoms with Crippen molar-refractivity contribution in [2.45, 2.75) is 45.1 Å². The molecule has 0 aromatic carbocycles. The highest BCUT2D eigenvalue weighted by Gasteiger charge is 2.16. The van der Waals surface area contributed by atoms with Gasteiger partial charge in [-0.3, -0.25) is 4.99 Å². The van der Waals surface area contributed by atoms with Gasteiger partial charge in [0, 0.05) is 51.9 Å². The molecule has 2 heterocycles. The minimum atomic E-state index is -0.0904. The second-order valence-corrected chi connectivity index (χ2v) is 7.27. The molecule has 7 heteroatoms. The molecule has 0 saturated carbocycles. The van der Waals surface area contributed by atoms with E-state index in [1.165, 1.54) is 0 Å². The SMILES string of the molecule is CCNC(=NCCCOCC1CCOC1)NCCCN1CCC(O)CC1. The number of nitrogens with zero attached hydrogens (tertiary/aromatic N) is 2. The highest BCUT2D eigenvalue weighted by atomic mass is 16.5. The lowest BCUT2D eigenvalue weighted by molar-refractivity contribution is 0.0823. The monoisotopic (exact) mass is 370 g/mol. The van der Waals surface area contributed by atoms with E-state index in [0.717, 1.165) is 104 Å². The fourth-order valence-corrected chi connectivity index (χ4v) is 3.32. The Kier molecular flexibility index (Phi) is 11.0. The molecule has 2 fully saturated rings. The first-order valence-electron chi connectivity index (χ1n) is 10.4. The normalized spacial score (nSPS) is 22.7. The number of hydrogen-bond acceptors (Lipinski definition) is 5. The summed E-state index contributed by atoms with van der Waals surface area (Å²) in [4.78, 5) is 7.06. The highest BCUT2D eigenvalue weighted by molar-refractivity contribution is 5.79. The summed E-state index contributed by atoms with van der Waals surface area (Å²) in [6.45, 7) is 11.1. The third kappa shape index (κ3) is 9.16. The van der Waals surface area contributed by atoms with Crippen LogP contribution >= 0.6 is 0 Å². The predicted molar refractivity (Wildman–Crippen MR) is 105 cm³/mol. The maximum Gasteiger partial charge on any atom is 0.191 e. The predicted octanol–water partition coefficient (Wildman–Crippen LogP) is 0.832. The van der Waals surface area contributed by atoms with Gasteiger partial charge in [-0.15, -0.1) is 0 Å². The smallest absolute Gasteiger partial charge is 0.191 e. The number of aliphatic hydroxyl groups is 1. The Labute approximate surface area is 158 Å². The summed E-state index contributed by atoms with van der Waals surface area (Å²) < 4.78 is 11.1. The molecule has 2 aliphatic heterocycles. The summed E-state index contributed by atoms with van der Waals surface area (Å²) in [6.07, 6.45) is 4.89. The van der Waals surface area contributed by atoms with Crippen LogP contribution in [0.5, 0.6) is 0 Å². The molecule has 152 valence electrons. The van der Waals surface area contributed by atoms with Crippen LogP contribution in [0.3, 0.4) is 0 Å². The van der Waals surface area contributed by atoms with Gasteiger partial charge in [-0.05, 0) is 45.6 Å². The van der Waals surface area contributed by atoms with Crippen LogP contribution in [-0.2, 0) is 9.47 Å². The zero-order valence-corrected chi connectivity index (χ0v) is 16.4. The first-order valence-corrected chi connectivity index (χ1v) is 10.4. The molecule has 0 aliphatic carbocycles. The van der Waals surface area contributed by atoms with Crippen LogP contribution in [0.4, 0.5) is 0 Å². The minimum Gasteiger partial charge on any atom is -0.393 e. The molecule has 0 aromatic heterocycles. The second kappa shape index (κ2) is 13.3. The van der Waals surface area contributed by atoms with E-state index >= 15 is 0 Å². The highest BCUT2D eigenvalue weighted by Crippen LogP contribution is 2.12. The van der Waals surface area contributed by atoms with E-state index in [9.17, 15) is 5.11 Å². The van der Waals surface area contributed by atoms with Crippen LogP contribution in [-0.4, -0.2) is 87.8 Å². The van der Waals surface area contributed by atoms with Crippen molar-refractivity contribution in [3.05, 3.63) is 0 Å². The molecule has 2 aliphatic rings. The Morgan fingerprint density at radius 2 is 2.08 bits per heavy atom. The van der Waals surface area contributed by atoms with Gasteiger partial charge in [0.25, 0.3) is 0 Å². The fraction of sp³-hybridized carbons (Fsp3) is 0.947. The largest absolute Gasteiger partial charge is 0.393 e. The van der Waals surface area contributed by atoms with Crippen LogP contribution in [0.2, 0.25) is 0 Å². The zero-order chi connectivity index (χ0) is 18.5. The quantitative estimate of drug-likeness (QED) is 0.284. The van der Waals surface area contributed by atoms with Crippen molar-refractivity contribution in [2.24, 2.45) is 10.9 Å². The Hall–Kier alpha value is -0.890. The number of piperidine rings is 1. The van der Waals surface area contributed by atoms with Crippen molar-refractivity contribution in [3.63, 3.8) is 0 Å². The van der Waals surface area contributed by atoms with Gasteiger partial charge in [0.05, 0.1) is 19.3 Å². The Morgan fingerprint density at radius 3 is 2.81 bits per heavy atom.